The molecule has 8 N–H and O–H groups in total. The van der Waals surface area contributed by atoms with E-state index in [4.69, 9.17) is 16.2 Å². The Balaban J connectivity index is 1.23. The molecule has 2 amide bonds. The Morgan fingerprint density at radius 2 is 1.90 bits per heavy atom. The fourth-order valence-electron chi connectivity index (χ4n) is 6.38. The summed E-state index contributed by atoms with van der Waals surface area (Å²) in [4.78, 5) is 36.7. The van der Waals surface area contributed by atoms with Crippen LogP contribution in [0.3, 0.4) is 0 Å². The number of hydrogen-bond donors (Lipinski definition) is 6. The van der Waals surface area contributed by atoms with Crippen LogP contribution in [0.5, 0.6) is 5.75 Å². The van der Waals surface area contributed by atoms with Crippen LogP contribution >= 0.6 is 0 Å². The first-order valence-electron chi connectivity index (χ1n) is 13.6. The number of guanidine groups is 2. The molecular formula is C28H32F2N8O4. The van der Waals surface area contributed by atoms with Gasteiger partial charge >= 0.3 is 0 Å². The molecule has 0 aliphatic carbocycles. The molecule has 1 saturated heterocycles. The first-order valence-corrected chi connectivity index (χ1v) is 13.6. The zero-order chi connectivity index (χ0) is 30.0. The van der Waals surface area contributed by atoms with E-state index in [1.165, 1.54) is 0 Å². The predicted octanol–water partition coefficient (Wildman–Crippen LogP) is -0.0905. The Hall–Kier alpha value is -4.46. The van der Waals surface area contributed by atoms with E-state index in [0.717, 1.165) is 24.1 Å². The molecule has 0 saturated carbocycles. The third kappa shape index (κ3) is 4.37. The molecule has 42 heavy (non-hydrogen) atoms. The van der Waals surface area contributed by atoms with E-state index >= 15 is 0 Å². The molecule has 0 bridgehead atoms. The molecule has 12 nitrogen and oxygen atoms in total. The number of rotatable bonds is 5. The van der Waals surface area contributed by atoms with Gasteiger partial charge in [0.25, 0.3) is 11.8 Å². The number of ether oxygens (including phenoxy) is 1. The van der Waals surface area contributed by atoms with E-state index in [2.05, 4.69) is 39.8 Å². The van der Waals surface area contributed by atoms with Crippen LogP contribution in [-0.2, 0) is 5.41 Å². The van der Waals surface area contributed by atoms with Gasteiger partial charge in [-0.3, -0.25) is 9.59 Å². The molecule has 222 valence electrons. The van der Waals surface area contributed by atoms with Crippen LogP contribution in [0.2, 0.25) is 0 Å². The van der Waals surface area contributed by atoms with Crippen LogP contribution in [0, 0.1) is 11.6 Å². The molecular weight excluding hydrogens is 550 g/mol. The highest BCUT2D eigenvalue weighted by atomic mass is 19.1. The molecule has 3 unspecified atom stereocenters. The molecule has 1 fully saturated rings. The average molecular weight is 583 g/mol. The molecule has 5 atom stereocenters. The summed E-state index contributed by atoms with van der Waals surface area (Å²) < 4.78 is 33.2. The van der Waals surface area contributed by atoms with E-state index in [9.17, 15) is 23.5 Å². The van der Waals surface area contributed by atoms with Gasteiger partial charge in [0.1, 0.15) is 29.5 Å². The quantitative estimate of drug-likeness (QED) is 0.283. The Morgan fingerprint density at radius 1 is 1.17 bits per heavy atom. The Morgan fingerprint density at radius 3 is 2.64 bits per heavy atom. The van der Waals surface area contributed by atoms with Gasteiger partial charge in [-0.05, 0) is 30.0 Å². The molecule has 4 aliphatic rings. The van der Waals surface area contributed by atoms with Gasteiger partial charge < -0.3 is 42.2 Å². The molecule has 6 rings (SSSR count). The molecule has 4 aliphatic heterocycles. The van der Waals surface area contributed by atoms with E-state index in [1.54, 1.807) is 11.0 Å². The van der Waals surface area contributed by atoms with Gasteiger partial charge in [0.05, 0.1) is 24.3 Å². The Kier molecular flexibility index (Phi) is 6.48. The summed E-state index contributed by atoms with van der Waals surface area (Å²) in [6.07, 6.45) is -0.435. The number of para-hydroxylation sites is 1. The van der Waals surface area contributed by atoms with Crippen molar-refractivity contribution in [3.63, 3.8) is 0 Å². The second-order valence-corrected chi connectivity index (χ2v) is 11.6. The zero-order valence-corrected chi connectivity index (χ0v) is 23.0. The lowest BCUT2D eigenvalue weighted by Gasteiger charge is -2.46. The lowest BCUT2D eigenvalue weighted by atomic mass is 9.79. The highest BCUT2D eigenvalue weighted by Gasteiger charge is 2.65. The van der Waals surface area contributed by atoms with E-state index in [1.807, 2.05) is 12.1 Å². The third-order valence-electron chi connectivity index (χ3n) is 8.53. The second-order valence-electron chi connectivity index (χ2n) is 11.6. The smallest absolute Gasteiger partial charge is 0.255 e. The van der Waals surface area contributed by atoms with Crippen molar-refractivity contribution in [2.45, 2.75) is 55.6 Å². The van der Waals surface area contributed by atoms with E-state index in [-0.39, 0.29) is 36.0 Å². The third-order valence-corrected chi connectivity index (χ3v) is 8.53. The number of aliphatic hydroxyl groups excluding tert-OH is 1. The number of aliphatic imine (C=N–C) groups is 2. The molecule has 4 heterocycles. The van der Waals surface area contributed by atoms with Crippen molar-refractivity contribution < 1.29 is 28.2 Å². The average Bonchev–Trinajstić information content (AvgIpc) is 3.42. The summed E-state index contributed by atoms with van der Waals surface area (Å²) in [5.74, 6) is -2.34. The standard InChI is InChI=1S/C28H32F2N8O4/c1-27(2)6-7-42-20-16(4-3-5-17(20)27)24(41)34-19-12-38-26(32)35-18(21-28(38,22(19)39)37-25(31)36-21)11-33-23(40)13-8-14(29)10-15(30)9-13/h3-5,8-10,18-19,21-22,39H,6-7,11-12H2,1-2H3,(H2,32,35)(H,33,40)(H,34,41)(H3,31,36,37)/t18-,19?,21?,22+,28?/m0/s1. The number of fused-ring (bicyclic) bond motifs is 1. The molecule has 0 radical (unpaired) electrons. The number of amides is 2. The summed E-state index contributed by atoms with van der Waals surface area (Å²) in [6, 6.07) is 5.51. The fraction of sp³-hybridized carbons (Fsp3) is 0.429. The minimum absolute atomic E-state index is 0.0252. The van der Waals surface area contributed by atoms with Crippen LogP contribution in [-0.4, -0.2) is 83.3 Å². The Labute approximate surface area is 240 Å². The van der Waals surface area contributed by atoms with Crippen molar-refractivity contribution in [3.05, 3.63) is 64.7 Å². The number of carbonyl (C=O) groups excluding carboxylic acids is 2. The van der Waals surface area contributed by atoms with Gasteiger partial charge in [-0.25, -0.2) is 18.8 Å². The van der Waals surface area contributed by atoms with E-state index in [0.29, 0.717) is 24.0 Å². The predicted molar refractivity (Wildman–Crippen MR) is 149 cm³/mol. The van der Waals surface area contributed by atoms with E-state index < -0.39 is 53.3 Å². The monoisotopic (exact) mass is 582 g/mol. The fourth-order valence-corrected chi connectivity index (χ4v) is 6.38. The maximum Gasteiger partial charge on any atom is 0.255 e. The maximum atomic E-state index is 13.6. The molecule has 1 spiro atoms. The number of nitrogens with two attached hydrogens (primary N) is 2. The van der Waals surface area contributed by atoms with Gasteiger partial charge in [0.15, 0.2) is 17.6 Å². The van der Waals surface area contributed by atoms with Gasteiger partial charge in [-0.1, -0.05) is 26.0 Å². The number of halogens is 2. The summed E-state index contributed by atoms with van der Waals surface area (Å²) in [7, 11) is 0. The van der Waals surface area contributed by atoms with Crippen molar-refractivity contribution in [3.8, 4) is 5.75 Å². The van der Waals surface area contributed by atoms with Crippen molar-refractivity contribution in [2.24, 2.45) is 21.5 Å². The molecule has 2 aromatic carbocycles. The number of carbonyl (C=O) groups is 2. The number of hydrogen-bond acceptors (Lipinski definition) is 10. The van der Waals surface area contributed by atoms with Crippen molar-refractivity contribution in [1.29, 1.82) is 0 Å². The van der Waals surface area contributed by atoms with Crippen LogP contribution < -0.4 is 32.2 Å². The van der Waals surface area contributed by atoms with Crippen LogP contribution in [0.15, 0.2) is 46.4 Å². The topological polar surface area (TPSA) is 180 Å². The lowest BCUT2D eigenvalue weighted by Crippen LogP contribution is -2.73. The summed E-state index contributed by atoms with van der Waals surface area (Å²) in [6.45, 7) is 4.65. The minimum Gasteiger partial charge on any atom is -0.492 e. The number of aliphatic hydroxyl groups is 1. The largest absolute Gasteiger partial charge is 0.492 e. The molecule has 2 aromatic rings. The van der Waals surface area contributed by atoms with Gasteiger partial charge in [-0.15, -0.1) is 0 Å². The summed E-state index contributed by atoms with van der Waals surface area (Å²) in [5, 5.41) is 20.2. The summed E-state index contributed by atoms with van der Waals surface area (Å²) in [5.41, 5.74) is 12.0. The zero-order valence-electron chi connectivity index (χ0n) is 23.0. The molecule has 0 aromatic heterocycles. The van der Waals surface area contributed by atoms with Gasteiger partial charge in [0.2, 0.25) is 0 Å². The highest BCUT2D eigenvalue weighted by molar-refractivity contribution is 5.98. The summed E-state index contributed by atoms with van der Waals surface area (Å²) >= 11 is 0. The first kappa shape index (κ1) is 27.7. The second kappa shape index (κ2) is 9.82. The lowest BCUT2D eigenvalue weighted by molar-refractivity contribution is 0.0143. The normalized spacial score (nSPS) is 28.7. The number of benzene rings is 2. The number of nitrogens with zero attached hydrogens (tertiary/aromatic N) is 3. The first-order chi connectivity index (χ1) is 19.9. The van der Waals surface area contributed by atoms with Gasteiger partial charge in [-0.2, -0.15) is 0 Å². The van der Waals surface area contributed by atoms with Crippen LogP contribution in [0.4, 0.5) is 8.78 Å². The highest BCUT2D eigenvalue weighted by Crippen LogP contribution is 2.42. The maximum absolute atomic E-state index is 13.6. The van der Waals surface area contributed by atoms with Crippen molar-refractivity contribution in [2.75, 3.05) is 19.7 Å². The van der Waals surface area contributed by atoms with Gasteiger partial charge in [0, 0.05) is 30.3 Å². The van der Waals surface area contributed by atoms with Crippen LogP contribution in [0.25, 0.3) is 0 Å². The SMILES string of the molecule is CC1(C)CCOc2c(C(=O)NC3CN4C(N)=N[C@@H](CNC(=O)c5cc(F)cc(F)c5)C5N=C(N)NC54[C@@H]3O)cccc21. The van der Waals surface area contributed by atoms with Crippen molar-refractivity contribution in [1.82, 2.24) is 20.9 Å². The van der Waals surface area contributed by atoms with Crippen molar-refractivity contribution >= 4 is 23.7 Å². The minimum atomic E-state index is -1.36. The number of nitrogens with one attached hydrogen (secondary N) is 3. The van der Waals surface area contributed by atoms with Crippen LogP contribution in [0.1, 0.15) is 46.5 Å². The molecule has 14 heteroatoms. The Bertz CT molecular complexity index is 1510.